The van der Waals surface area contributed by atoms with Gasteiger partial charge in [-0.15, -0.1) is 0 Å². The Morgan fingerprint density at radius 2 is 0.915 bits per heavy atom. The van der Waals surface area contributed by atoms with Gasteiger partial charge in [-0.3, -0.25) is 0 Å². The van der Waals surface area contributed by atoms with Crippen LogP contribution >= 0.6 is 0 Å². The van der Waals surface area contributed by atoms with Crippen LogP contribution in [0.2, 0.25) is 0 Å². The van der Waals surface area contributed by atoms with Gasteiger partial charge in [0.25, 0.3) is 0 Å². The lowest BCUT2D eigenvalue weighted by molar-refractivity contribution is 0.655. The second-order valence-corrected chi connectivity index (χ2v) is 17.9. The van der Waals surface area contributed by atoms with E-state index in [2.05, 4.69) is 211 Å². The average Bonchev–Trinajstić information content (AvgIpc) is 3.82. The third-order valence-electron chi connectivity index (χ3n) is 14.2. The first-order chi connectivity index (χ1) is 28.8. The molecule has 0 nitrogen and oxygen atoms in total. The van der Waals surface area contributed by atoms with E-state index in [-0.39, 0.29) is 10.8 Å². The lowest BCUT2D eigenvalue weighted by atomic mass is 9.76. The fourth-order valence-electron chi connectivity index (χ4n) is 11.4. The summed E-state index contributed by atoms with van der Waals surface area (Å²) in [4.78, 5) is 0. The summed E-state index contributed by atoms with van der Waals surface area (Å²) >= 11 is 0. The molecule has 0 heteroatoms. The van der Waals surface area contributed by atoms with Crippen LogP contribution in [0.4, 0.5) is 0 Å². The van der Waals surface area contributed by atoms with E-state index in [4.69, 9.17) is 0 Å². The maximum absolute atomic E-state index is 2.56. The molecule has 0 unspecified atom stereocenters. The van der Waals surface area contributed by atoms with Gasteiger partial charge in [-0.25, -0.2) is 0 Å². The van der Waals surface area contributed by atoms with E-state index in [1.54, 1.807) is 0 Å². The summed E-state index contributed by atoms with van der Waals surface area (Å²) in [6.07, 6.45) is 11.3. The predicted octanol–water partition coefficient (Wildman–Crippen LogP) is 16.4. The highest BCUT2D eigenvalue weighted by Crippen LogP contribution is 2.58. The Kier molecular flexibility index (Phi) is 7.05. The molecule has 3 aliphatic rings. The molecule has 0 heterocycles. The number of fused-ring (bicyclic) bond motifs is 12. The Labute approximate surface area is 346 Å². The SMILES string of the molecule is C/C=C\C=C/C1=Cc2c(cc(-c3c4ccccc4c(-c4ccc5c6c(cccc46)-c4ccccc4-5)c4ccccc34)c3ccc4c(c23)-c2ccccc2C4(C)C)C1(C)C. The molecule has 59 heavy (non-hydrogen) atoms. The van der Waals surface area contributed by atoms with Gasteiger partial charge < -0.3 is 0 Å². The molecule has 9 aromatic rings. The summed E-state index contributed by atoms with van der Waals surface area (Å²) in [6, 6.07) is 55.5. The Morgan fingerprint density at radius 3 is 1.59 bits per heavy atom. The summed E-state index contributed by atoms with van der Waals surface area (Å²) in [5, 5.41) is 10.5. The van der Waals surface area contributed by atoms with Crippen molar-refractivity contribution in [1.82, 2.24) is 0 Å². The van der Waals surface area contributed by atoms with Crippen molar-refractivity contribution in [2.75, 3.05) is 0 Å². The van der Waals surface area contributed by atoms with Gasteiger partial charge in [0.05, 0.1) is 0 Å². The highest BCUT2D eigenvalue weighted by atomic mass is 14.4. The van der Waals surface area contributed by atoms with Crippen LogP contribution in [-0.2, 0) is 10.8 Å². The van der Waals surface area contributed by atoms with Crippen LogP contribution in [-0.4, -0.2) is 0 Å². The van der Waals surface area contributed by atoms with E-state index in [0.29, 0.717) is 0 Å². The summed E-state index contributed by atoms with van der Waals surface area (Å²) in [5.74, 6) is 0. The smallest absolute Gasteiger partial charge is 0.0159 e. The molecule has 0 amide bonds. The van der Waals surface area contributed by atoms with Gasteiger partial charge in [0, 0.05) is 10.8 Å². The van der Waals surface area contributed by atoms with Crippen LogP contribution in [0.1, 0.15) is 56.9 Å². The molecule has 0 spiro atoms. The van der Waals surface area contributed by atoms with E-state index in [9.17, 15) is 0 Å². The van der Waals surface area contributed by atoms with Gasteiger partial charge in [0.1, 0.15) is 0 Å². The molecule has 0 saturated carbocycles. The molecule has 0 saturated heterocycles. The zero-order chi connectivity index (χ0) is 39.8. The molecule has 9 aromatic carbocycles. The van der Waals surface area contributed by atoms with Crippen molar-refractivity contribution in [2.45, 2.75) is 45.4 Å². The van der Waals surface area contributed by atoms with Crippen molar-refractivity contribution < 1.29 is 0 Å². The first kappa shape index (κ1) is 34.3. The standard InChI is InChI=1S/C59H44/c1-6-7-8-18-35-33-49-52(58(35,2)3)34-48(46-31-32-51-57(56(46)49)47-25-15-16-28-50(47)59(51,4)5)55-41-23-13-11-21-39(41)54(40-22-12-14-24-42(40)55)45-30-29-44-37-20-10-9-19-36(37)38-26-17-27-43(45)53(38)44/h6-34H,1-5H3/b7-6-,18-8-. The third-order valence-corrected chi connectivity index (χ3v) is 14.2. The van der Waals surface area contributed by atoms with Crippen LogP contribution in [0.15, 0.2) is 175 Å². The lowest BCUT2D eigenvalue weighted by Gasteiger charge is -2.27. The molecule has 280 valence electrons. The molecular formula is C59H44. The summed E-state index contributed by atoms with van der Waals surface area (Å²) < 4.78 is 0. The van der Waals surface area contributed by atoms with Gasteiger partial charge >= 0.3 is 0 Å². The summed E-state index contributed by atoms with van der Waals surface area (Å²) in [7, 11) is 0. The van der Waals surface area contributed by atoms with E-state index in [0.717, 1.165) is 0 Å². The maximum atomic E-state index is 2.56. The number of benzene rings is 9. The number of allylic oxidation sites excluding steroid dienone is 5. The van der Waals surface area contributed by atoms with Crippen molar-refractivity contribution in [3.8, 4) is 55.6 Å². The van der Waals surface area contributed by atoms with Gasteiger partial charge in [0.2, 0.25) is 0 Å². The second-order valence-electron chi connectivity index (χ2n) is 17.9. The van der Waals surface area contributed by atoms with Crippen LogP contribution in [0, 0.1) is 0 Å². The van der Waals surface area contributed by atoms with Gasteiger partial charge in [-0.2, -0.15) is 0 Å². The van der Waals surface area contributed by atoms with E-state index in [1.807, 2.05) is 0 Å². The minimum atomic E-state index is -0.194. The Morgan fingerprint density at radius 1 is 0.373 bits per heavy atom. The molecule has 3 aliphatic carbocycles. The largest absolute Gasteiger partial charge is 0.0877 e. The number of rotatable bonds is 4. The predicted molar refractivity (Wildman–Crippen MR) is 254 cm³/mol. The molecule has 0 radical (unpaired) electrons. The average molecular weight is 753 g/mol. The first-order valence-corrected chi connectivity index (χ1v) is 21.1. The molecule has 0 N–H and O–H groups in total. The normalized spacial score (nSPS) is 15.4. The molecule has 0 atom stereocenters. The molecule has 0 bridgehead atoms. The minimum absolute atomic E-state index is 0.0997. The molecule has 0 aliphatic heterocycles. The van der Waals surface area contributed by atoms with Gasteiger partial charge in [-0.1, -0.05) is 192 Å². The highest BCUT2D eigenvalue weighted by molar-refractivity contribution is 6.28. The maximum Gasteiger partial charge on any atom is 0.0159 e. The van der Waals surface area contributed by atoms with Crippen molar-refractivity contribution in [3.63, 3.8) is 0 Å². The monoisotopic (exact) mass is 752 g/mol. The van der Waals surface area contributed by atoms with Crippen LogP contribution in [0.25, 0.3) is 105 Å². The Balaban J connectivity index is 1.21. The van der Waals surface area contributed by atoms with E-state index < -0.39 is 0 Å². The molecular weight excluding hydrogens is 709 g/mol. The molecule has 0 fully saturated rings. The highest BCUT2D eigenvalue weighted by Gasteiger charge is 2.40. The Bertz CT molecular complexity index is 3340. The summed E-state index contributed by atoms with van der Waals surface area (Å²) in [5.41, 5.74) is 19.9. The zero-order valence-corrected chi connectivity index (χ0v) is 34.2. The fourth-order valence-corrected chi connectivity index (χ4v) is 11.4. The molecule has 0 aromatic heterocycles. The van der Waals surface area contributed by atoms with Crippen LogP contribution in [0.5, 0.6) is 0 Å². The number of hydrogen-bond donors (Lipinski definition) is 0. The van der Waals surface area contributed by atoms with E-state index >= 15 is 0 Å². The summed E-state index contributed by atoms with van der Waals surface area (Å²) in [6.45, 7) is 11.7. The number of hydrogen-bond acceptors (Lipinski definition) is 0. The van der Waals surface area contributed by atoms with Crippen molar-refractivity contribution >= 4 is 49.2 Å². The topological polar surface area (TPSA) is 0 Å². The van der Waals surface area contributed by atoms with E-state index in [1.165, 1.54) is 127 Å². The van der Waals surface area contributed by atoms with Crippen molar-refractivity contribution in [3.05, 3.63) is 198 Å². The molecule has 12 rings (SSSR count). The quantitative estimate of drug-likeness (QED) is 0.124. The van der Waals surface area contributed by atoms with Crippen LogP contribution < -0.4 is 0 Å². The van der Waals surface area contributed by atoms with Crippen LogP contribution in [0.3, 0.4) is 0 Å². The zero-order valence-electron chi connectivity index (χ0n) is 34.2. The first-order valence-electron chi connectivity index (χ1n) is 21.1. The lowest BCUT2D eigenvalue weighted by Crippen LogP contribution is -2.16. The Hall–Kier alpha value is -6.76. The van der Waals surface area contributed by atoms with Crippen molar-refractivity contribution in [2.24, 2.45) is 0 Å². The van der Waals surface area contributed by atoms with Gasteiger partial charge in [-0.05, 0) is 146 Å². The second kappa shape index (κ2) is 12.1. The van der Waals surface area contributed by atoms with Gasteiger partial charge in [0.15, 0.2) is 0 Å². The third kappa shape index (κ3) is 4.50. The minimum Gasteiger partial charge on any atom is -0.0877 e. The fraction of sp³-hybridized carbons (Fsp3) is 0.119. The van der Waals surface area contributed by atoms with Crippen molar-refractivity contribution in [1.29, 1.82) is 0 Å².